The molecule has 0 bridgehead atoms. The van der Waals surface area contributed by atoms with Crippen LogP contribution in [0.25, 0.3) is 45.4 Å². The Labute approximate surface area is 292 Å². The largest absolute Gasteiger partial charge is 0.255 e. The summed E-state index contributed by atoms with van der Waals surface area (Å²) in [7, 11) is 0. The van der Waals surface area contributed by atoms with Crippen LogP contribution >= 0.6 is 0 Å². The summed E-state index contributed by atoms with van der Waals surface area (Å²) in [6.07, 6.45) is 14.2. The first-order valence-electron chi connectivity index (χ1n) is 18.5. The normalized spacial score (nSPS) is 18.0. The topological polar surface area (TPSA) is 51.6 Å². The standard InChI is InChI=1S/C45H50N4/c1-42(2,3)34-17-11-30(12-18-34)39-47-40(31-13-19-35(20-14-31)43(4,5)6)49-41(48-39)33-16-22-38(46-28-33)32-15-21-36-37(27-32)45(25-9-10-26-45)29-44(36)23-7-8-24-44/h11-22,27-28H,7-10,23-26,29H2,1-6H3. The van der Waals surface area contributed by atoms with Crippen molar-refractivity contribution < 1.29 is 0 Å². The van der Waals surface area contributed by atoms with E-state index in [1.807, 2.05) is 6.20 Å². The minimum absolute atomic E-state index is 0.0740. The fraction of sp³-hybridized carbons (Fsp3) is 0.422. The van der Waals surface area contributed by atoms with Crippen molar-refractivity contribution in [1.29, 1.82) is 0 Å². The van der Waals surface area contributed by atoms with Crippen LogP contribution in [0.1, 0.15) is 122 Å². The second kappa shape index (κ2) is 11.7. The maximum absolute atomic E-state index is 5.04. The fourth-order valence-corrected chi connectivity index (χ4v) is 9.14. The van der Waals surface area contributed by atoms with Crippen molar-refractivity contribution in [3.8, 4) is 45.4 Å². The molecule has 0 atom stereocenters. The van der Waals surface area contributed by atoms with Crippen LogP contribution in [0.15, 0.2) is 85.1 Å². The lowest BCUT2D eigenvalue weighted by molar-refractivity contribution is 0.324. The Balaban J connectivity index is 1.16. The zero-order valence-corrected chi connectivity index (χ0v) is 30.2. The van der Waals surface area contributed by atoms with E-state index in [1.165, 1.54) is 74.5 Å². The van der Waals surface area contributed by atoms with Crippen molar-refractivity contribution in [1.82, 2.24) is 19.9 Å². The van der Waals surface area contributed by atoms with E-state index in [0.29, 0.717) is 28.3 Å². The zero-order valence-electron chi connectivity index (χ0n) is 30.2. The molecule has 4 nitrogen and oxygen atoms in total. The Bertz CT molecular complexity index is 1900. The maximum atomic E-state index is 5.04. The zero-order chi connectivity index (χ0) is 34.0. The van der Waals surface area contributed by atoms with Gasteiger partial charge in [0.25, 0.3) is 0 Å². The smallest absolute Gasteiger partial charge is 0.165 e. The van der Waals surface area contributed by atoms with Crippen molar-refractivity contribution in [2.45, 2.75) is 121 Å². The molecular weight excluding hydrogens is 597 g/mol. The number of benzene rings is 3. The second-order valence-electron chi connectivity index (χ2n) is 17.3. The first-order valence-corrected chi connectivity index (χ1v) is 18.5. The summed E-state index contributed by atoms with van der Waals surface area (Å²) in [6, 6.07) is 28.9. The molecule has 3 aliphatic carbocycles. The number of pyridine rings is 1. The number of hydrogen-bond acceptors (Lipinski definition) is 4. The highest BCUT2D eigenvalue weighted by molar-refractivity contribution is 5.69. The summed E-state index contributed by atoms with van der Waals surface area (Å²) in [6.45, 7) is 13.4. The van der Waals surface area contributed by atoms with Gasteiger partial charge in [-0.3, -0.25) is 4.98 Å². The van der Waals surface area contributed by atoms with E-state index in [9.17, 15) is 0 Å². The molecule has 49 heavy (non-hydrogen) atoms. The van der Waals surface area contributed by atoms with Gasteiger partial charge in [-0.1, -0.05) is 128 Å². The quantitative estimate of drug-likeness (QED) is 0.195. The summed E-state index contributed by atoms with van der Waals surface area (Å²) in [4.78, 5) is 20.1. The number of aromatic nitrogens is 4. The van der Waals surface area contributed by atoms with Gasteiger partial charge in [-0.2, -0.15) is 0 Å². The molecule has 2 aromatic heterocycles. The molecule has 0 radical (unpaired) electrons. The first kappa shape index (κ1) is 32.0. The highest BCUT2D eigenvalue weighted by Crippen LogP contribution is 2.62. The summed E-state index contributed by atoms with van der Waals surface area (Å²) in [5, 5.41) is 0. The Kier molecular flexibility index (Phi) is 7.66. The molecule has 0 N–H and O–H groups in total. The van der Waals surface area contributed by atoms with E-state index in [1.54, 1.807) is 11.1 Å². The van der Waals surface area contributed by atoms with Gasteiger partial charge in [-0.05, 0) is 94.2 Å². The van der Waals surface area contributed by atoms with Gasteiger partial charge in [0.2, 0.25) is 0 Å². The molecule has 2 heterocycles. The van der Waals surface area contributed by atoms with Crippen LogP contribution in [0.4, 0.5) is 0 Å². The molecule has 3 aliphatic rings. The van der Waals surface area contributed by atoms with Crippen LogP contribution in [0.5, 0.6) is 0 Å². The van der Waals surface area contributed by atoms with Crippen molar-refractivity contribution >= 4 is 0 Å². The Hall–Kier alpha value is -4.18. The van der Waals surface area contributed by atoms with E-state index >= 15 is 0 Å². The summed E-state index contributed by atoms with van der Waals surface area (Å²) < 4.78 is 0. The van der Waals surface area contributed by atoms with E-state index in [-0.39, 0.29) is 10.8 Å². The monoisotopic (exact) mass is 646 g/mol. The van der Waals surface area contributed by atoms with Crippen LogP contribution in [-0.2, 0) is 21.7 Å². The van der Waals surface area contributed by atoms with E-state index in [2.05, 4.69) is 120 Å². The van der Waals surface area contributed by atoms with Crippen LogP contribution in [0, 0.1) is 0 Å². The van der Waals surface area contributed by atoms with Crippen LogP contribution in [0.3, 0.4) is 0 Å². The van der Waals surface area contributed by atoms with Gasteiger partial charge in [-0.25, -0.2) is 15.0 Å². The number of fused-ring (bicyclic) bond motifs is 3. The third kappa shape index (κ3) is 5.81. The van der Waals surface area contributed by atoms with Gasteiger partial charge in [0.15, 0.2) is 17.5 Å². The minimum Gasteiger partial charge on any atom is -0.255 e. The molecule has 4 heteroatoms. The van der Waals surface area contributed by atoms with Gasteiger partial charge in [0, 0.05) is 28.5 Å². The van der Waals surface area contributed by atoms with Crippen LogP contribution < -0.4 is 0 Å². The highest BCUT2D eigenvalue weighted by atomic mass is 15.0. The summed E-state index contributed by atoms with van der Waals surface area (Å²) >= 11 is 0. The molecule has 250 valence electrons. The molecule has 0 amide bonds. The Morgan fingerprint density at radius 2 is 0.898 bits per heavy atom. The molecule has 2 saturated carbocycles. The summed E-state index contributed by atoms with van der Waals surface area (Å²) in [5.41, 5.74) is 11.9. The van der Waals surface area contributed by atoms with Crippen LogP contribution in [0.2, 0.25) is 0 Å². The molecule has 2 spiro atoms. The number of nitrogens with zero attached hydrogens (tertiary/aromatic N) is 4. The predicted octanol–water partition coefficient (Wildman–Crippen LogP) is 11.6. The van der Waals surface area contributed by atoms with Gasteiger partial charge >= 0.3 is 0 Å². The van der Waals surface area contributed by atoms with Crippen molar-refractivity contribution in [2.75, 3.05) is 0 Å². The molecule has 0 saturated heterocycles. The SMILES string of the molecule is CC(C)(C)c1ccc(-c2nc(-c3ccc(C(C)(C)C)cc3)nc(-c3ccc(-c4ccc5c(c4)C4(CCCC4)CC54CCCC4)nc3)n2)cc1. The van der Waals surface area contributed by atoms with E-state index in [4.69, 9.17) is 19.9 Å². The van der Waals surface area contributed by atoms with Crippen LogP contribution in [-0.4, -0.2) is 19.9 Å². The van der Waals surface area contributed by atoms with E-state index < -0.39 is 0 Å². The van der Waals surface area contributed by atoms with E-state index in [0.717, 1.165) is 22.4 Å². The molecule has 0 aliphatic heterocycles. The second-order valence-corrected chi connectivity index (χ2v) is 17.3. The lowest BCUT2D eigenvalue weighted by Gasteiger charge is -2.29. The molecule has 8 rings (SSSR count). The van der Waals surface area contributed by atoms with Crippen molar-refractivity contribution in [3.63, 3.8) is 0 Å². The van der Waals surface area contributed by atoms with Gasteiger partial charge in [0.1, 0.15) is 0 Å². The average molecular weight is 647 g/mol. The van der Waals surface area contributed by atoms with Crippen molar-refractivity contribution in [3.05, 3.63) is 107 Å². The predicted molar refractivity (Wildman–Crippen MR) is 202 cm³/mol. The lowest BCUT2D eigenvalue weighted by Crippen LogP contribution is -2.24. The maximum Gasteiger partial charge on any atom is 0.165 e. The van der Waals surface area contributed by atoms with Crippen molar-refractivity contribution in [2.24, 2.45) is 0 Å². The third-order valence-electron chi connectivity index (χ3n) is 11.9. The third-order valence-corrected chi connectivity index (χ3v) is 11.9. The minimum atomic E-state index is 0.0740. The number of hydrogen-bond donors (Lipinski definition) is 0. The fourth-order valence-electron chi connectivity index (χ4n) is 9.14. The lowest BCUT2D eigenvalue weighted by atomic mass is 9.75. The van der Waals surface area contributed by atoms with Gasteiger partial charge < -0.3 is 0 Å². The Morgan fingerprint density at radius 1 is 0.469 bits per heavy atom. The molecule has 3 aromatic carbocycles. The first-order chi connectivity index (χ1) is 23.4. The highest BCUT2D eigenvalue weighted by Gasteiger charge is 2.53. The van der Waals surface area contributed by atoms with Gasteiger partial charge in [0.05, 0.1) is 5.69 Å². The summed E-state index contributed by atoms with van der Waals surface area (Å²) in [5.74, 6) is 1.98. The van der Waals surface area contributed by atoms with Gasteiger partial charge in [-0.15, -0.1) is 0 Å². The molecular formula is C45H50N4. The Morgan fingerprint density at radius 3 is 1.35 bits per heavy atom. The number of rotatable bonds is 4. The average Bonchev–Trinajstić information content (AvgIpc) is 3.84. The molecule has 5 aromatic rings. The molecule has 0 unspecified atom stereocenters. The molecule has 2 fully saturated rings.